The molecule has 0 radical (unpaired) electrons. The number of carbonyl (C=O) groups is 1. The highest BCUT2D eigenvalue weighted by Crippen LogP contribution is 2.36. The Bertz CT molecular complexity index is 567. The summed E-state index contributed by atoms with van der Waals surface area (Å²) in [5.74, 6) is 1.69. The topological polar surface area (TPSA) is 45.7 Å². The van der Waals surface area contributed by atoms with Crippen molar-refractivity contribution in [2.24, 2.45) is 5.92 Å². The highest BCUT2D eigenvalue weighted by Gasteiger charge is 2.44. The van der Waals surface area contributed by atoms with Crippen molar-refractivity contribution in [3.63, 3.8) is 0 Å². The van der Waals surface area contributed by atoms with Crippen molar-refractivity contribution >= 4 is 11.9 Å². The molecule has 2 aliphatic heterocycles. The summed E-state index contributed by atoms with van der Waals surface area (Å²) in [4.78, 5) is 21.0. The molecule has 3 heterocycles. The lowest BCUT2D eigenvalue weighted by atomic mass is 9.82. The van der Waals surface area contributed by atoms with Crippen LogP contribution in [0.1, 0.15) is 32.9 Å². The number of hydrogen-bond acceptors (Lipinski definition) is 4. The average molecular weight is 303 g/mol. The lowest BCUT2D eigenvalue weighted by molar-refractivity contribution is 0.0106. The summed E-state index contributed by atoms with van der Waals surface area (Å²) in [5.41, 5.74) is 0.589. The molecule has 0 spiro atoms. The van der Waals surface area contributed by atoms with E-state index < -0.39 is 5.60 Å². The Balaban J connectivity index is 1.66. The van der Waals surface area contributed by atoms with Gasteiger partial charge in [-0.3, -0.25) is 0 Å². The molecule has 22 heavy (non-hydrogen) atoms. The molecule has 2 saturated heterocycles. The van der Waals surface area contributed by atoms with Gasteiger partial charge in [0.2, 0.25) is 0 Å². The molecule has 5 heteroatoms. The quantitative estimate of drug-likeness (QED) is 0.800. The average Bonchev–Trinajstić information content (AvgIpc) is 2.38. The standard InChI is InChI=1S/C17H25N3O2/c1-12-6-5-7-15(18-12)20-10-13-8-9-19(11-14(13)20)16(21)22-17(2,3)4/h5-7,13-14H,8-11H2,1-4H3. The van der Waals surface area contributed by atoms with Crippen molar-refractivity contribution in [1.82, 2.24) is 9.88 Å². The zero-order chi connectivity index (χ0) is 15.9. The second-order valence-corrected chi connectivity index (χ2v) is 7.33. The van der Waals surface area contributed by atoms with Gasteiger partial charge in [0.25, 0.3) is 0 Å². The van der Waals surface area contributed by atoms with Crippen LogP contribution in [0.4, 0.5) is 10.6 Å². The van der Waals surface area contributed by atoms with E-state index in [0.717, 1.165) is 37.6 Å². The number of aromatic nitrogens is 1. The maximum atomic E-state index is 12.3. The van der Waals surface area contributed by atoms with E-state index in [2.05, 4.69) is 16.0 Å². The maximum absolute atomic E-state index is 12.3. The summed E-state index contributed by atoms with van der Waals surface area (Å²) >= 11 is 0. The molecule has 0 aliphatic carbocycles. The van der Waals surface area contributed by atoms with Crippen molar-refractivity contribution in [2.75, 3.05) is 24.5 Å². The van der Waals surface area contributed by atoms with Crippen LogP contribution in [-0.2, 0) is 4.74 Å². The number of nitrogens with zero attached hydrogens (tertiary/aromatic N) is 3. The van der Waals surface area contributed by atoms with Gasteiger partial charge < -0.3 is 14.5 Å². The molecule has 2 atom stereocenters. The van der Waals surface area contributed by atoms with Crippen LogP contribution < -0.4 is 4.90 Å². The van der Waals surface area contributed by atoms with Gasteiger partial charge in [-0.15, -0.1) is 0 Å². The number of fused-ring (bicyclic) bond motifs is 1. The Morgan fingerprint density at radius 2 is 2.09 bits per heavy atom. The molecule has 2 aliphatic rings. The summed E-state index contributed by atoms with van der Waals surface area (Å²) < 4.78 is 5.50. The van der Waals surface area contributed by atoms with Gasteiger partial charge in [0.1, 0.15) is 11.4 Å². The third-order valence-corrected chi connectivity index (χ3v) is 4.37. The van der Waals surface area contributed by atoms with Crippen molar-refractivity contribution in [3.05, 3.63) is 23.9 Å². The number of piperidine rings is 1. The molecule has 1 aromatic rings. The Morgan fingerprint density at radius 1 is 1.32 bits per heavy atom. The first kappa shape index (κ1) is 15.1. The van der Waals surface area contributed by atoms with Gasteiger partial charge in [-0.25, -0.2) is 9.78 Å². The van der Waals surface area contributed by atoms with E-state index in [4.69, 9.17) is 4.74 Å². The Morgan fingerprint density at radius 3 is 2.77 bits per heavy atom. The van der Waals surface area contributed by atoms with Crippen LogP contribution in [0.25, 0.3) is 0 Å². The molecular weight excluding hydrogens is 278 g/mol. The van der Waals surface area contributed by atoms with Gasteiger partial charge in [0.15, 0.2) is 0 Å². The molecule has 0 aromatic carbocycles. The van der Waals surface area contributed by atoms with E-state index in [0.29, 0.717) is 12.0 Å². The SMILES string of the molecule is Cc1cccc(N2CC3CCN(C(=O)OC(C)(C)C)CC32)n1. The van der Waals surface area contributed by atoms with E-state index >= 15 is 0 Å². The van der Waals surface area contributed by atoms with Crippen molar-refractivity contribution in [3.8, 4) is 0 Å². The molecule has 0 saturated carbocycles. The number of anilines is 1. The van der Waals surface area contributed by atoms with Crippen molar-refractivity contribution in [2.45, 2.75) is 45.8 Å². The summed E-state index contributed by atoms with van der Waals surface area (Å²) in [7, 11) is 0. The van der Waals surface area contributed by atoms with Gasteiger partial charge in [-0.05, 0) is 46.2 Å². The molecule has 1 amide bonds. The van der Waals surface area contributed by atoms with E-state index in [1.807, 2.05) is 44.7 Å². The lowest BCUT2D eigenvalue weighted by Gasteiger charge is -2.53. The zero-order valence-corrected chi connectivity index (χ0v) is 13.9. The molecule has 5 nitrogen and oxygen atoms in total. The fourth-order valence-corrected chi connectivity index (χ4v) is 3.24. The molecule has 0 N–H and O–H groups in total. The minimum Gasteiger partial charge on any atom is -0.444 e. The molecule has 2 unspecified atom stereocenters. The largest absolute Gasteiger partial charge is 0.444 e. The highest BCUT2D eigenvalue weighted by atomic mass is 16.6. The normalized spacial score (nSPS) is 24.5. The number of carbonyl (C=O) groups excluding carboxylic acids is 1. The minimum absolute atomic E-state index is 0.199. The van der Waals surface area contributed by atoms with Crippen LogP contribution in [-0.4, -0.2) is 47.3 Å². The summed E-state index contributed by atoms with van der Waals surface area (Å²) in [6, 6.07) is 6.47. The third-order valence-electron chi connectivity index (χ3n) is 4.37. The van der Waals surface area contributed by atoms with Crippen molar-refractivity contribution in [1.29, 1.82) is 0 Å². The Kier molecular flexibility index (Phi) is 3.75. The third kappa shape index (κ3) is 3.03. The number of hydrogen-bond donors (Lipinski definition) is 0. The molecule has 120 valence electrons. The van der Waals surface area contributed by atoms with Crippen LogP contribution in [0, 0.1) is 12.8 Å². The highest BCUT2D eigenvalue weighted by molar-refractivity contribution is 5.68. The monoisotopic (exact) mass is 303 g/mol. The van der Waals surface area contributed by atoms with Crippen LogP contribution >= 0.6 is 0 Å². The second kappa shape index (κ2) is 5.45. The molecular formula is C17H25N3O2. The fourth-order valence-electron chi connectivity index (χ4n) is 3.24. The number of likely N-dealkylation sites (tertiary alicyclic amines) is 1. The molecule has 2 fully saturated rings. The number of amides is 1. The van der Waals surface area contributed by atoms with Crippen LogP contribution in [0.15, 0.2) is 18.2 Å². The van der Waals surface area contributed by atoms with E-state index in [9.17, 15) is 4.79 Å². The predicted octanol–water partition coefficient (Wildman–Crippen LogP) is 2.84. The summed E-state index contributed by atoms with van der Waals surface area (Å²) in [6.45, 7) is 10.3. The molecule has 0 bridgehead atoms. The van der Waals surface area contributed by atoms with Gasteiger partial charge >= 0.3 is 6.09 Å². The van der Waals surface area contributed by atoms with Crippen LogP contribution in [0.2, 0.25) is 0 Å². The first-order chi connectivity index (χ1) is 10.3. The van der Waals surface area contributed by atoms with E-state index in [1.165, 1.54) is 0 Å². The van der Waals surface area contributed by atoms with Crippen LogP contribution in [0.5, 0.6) is 0 Å². The van der Waals surface area contributed by atoms with Crippen LogP contribution in [0.3, 0.4) is 0 Å². The number of pyridine rings is 1. The first-order valence-electron chi connectivity index (χ1n) is 8.02. The van der Waals surface area contributed by atoms with Gasteiger partial charge in [-0.2, -0.15) is 0 Å². The Labute approximate surface area is 132 Å². The number of ether oxygens (including phenoxy) is 1. The van der Waals surface area contributed by atoms with Crippen molar-refractivity contribution < 1.29 is 9.53 Å². The van der Waals surface area contributed by atoms with E-state index in [1.54, 1.807) is 0 Å². The summed E-state index contributed by atoms with van der Waals surface area (Å²) in [6.07, 6.45) is 0.849. The fraction of sp³-hybridized carbons (Fsp3) is 0.647. The first-order valence-corrected chi connectivity index (χ1v) is 8.02. The van der Waals surface area contributed by atoms with Gasteiger partial charge in [-0.1, -0.05) is 6.07 Å². The van der Waals surface area contributed by atoms with Gasteiger partial charge in [0.05, 0.1) is 6.04 Å². The molecule has 3 rings (SSSR count). The second-order valence-electron chi connectivity index (χ2n) is 7.33. The minimum atomic E-state index is -0.439. The maximum Gasteiger partial charge on any atom is 0.410 e. The molecule has 1 aromatic heterocycles. The number of rotatable bonds is 1. The number of aryl methyl sites for hydroxylation is 1. The lowest BCUT2D eigenvalue weighted by Crippen LogP contribution is -2.65. The summed E-state index contributed by atoms with van der Waals surface area (Å²) in [5, 5.41) is 0. The van der Waals surface area contributed by atoms with E-state index in [-0.39, 0.29) is 6.09 Å². The smallest absolute Gasteiger partial charge is 0.410 e. The Hall–Kier alpha value is -1.78. The van der Waals surface area contributed by atoms with Gasteiger partial charge in [0, 0.05) is 31.2 Å². The zero-order valence-electron chi connectivity index (χ0n) is 13.9. The predicted molar refractivity (Wildman–Crippen MR) is 86.0 cm³/mol.